The molecule has 0 atom stereocenters. The molecule has 5 heteroatoms. The highest BCUT2D eigenvalue weighted by Gasteiger charge is 2.11. The minimum Gasteiger partial charge on any atom is -0.199 e. The first-order chi connectivity index (χ1) is 6.74. The Morgan fingerprint density at radius 3 is 3.00 bits per heavy atom. The molecule has 0 bridgehead atoms. The second kappa shape index (κ2) is 3.53. The number of hydrogen-bond acceptors (Lipinski definition) is 3. The molecular formula is C9H11ClN4. The Balaban J connectivity index is 2.69. The van der Waals surface area contributed by atoms with Gasteiger partial charge in [0, 0.05) is 0 Å². The first kappa shape index (κ1) is 9.40. The standard InChI is InChI=1S/C9H11ClN4/c1-3-4-7-6(2)13-14-5-11-12-9(14)8(7)10/h5H,3-4H2,1-2H3. The maximum atomic E-state index is 6.20. The van der Waals surface area contributed by atoms with Crippen molar-refractivity contribution in [1.29, 1.82) is 0 Å². The predicted molar refractivity (Wildman–Crippen MR) is 54.5 cm³/mol. The van der Waals surface area contributed by atoms with Crippen molar-refractivity contribution >= 4 is 17.2 Å². The number of fused-ring (bicyclic) bond motifs is 1. The average molecular weight is 211 g/mol. The summed E-state index contributed by atoms with van der Waals surface area (Å²) in [4.78, 5) is 0. The van der Waals surface area contributed by atoms with E-state index in [4.69, 9.17) is 11.6 Å². The molecule has 0 radical (unpaired) electrons. The summed E-state index contributed by atoms with van der Waals surface area (Å²) >= 11 is 6.20. The minimum atomic E-state index is 0.640. The molecule has 0 saturated carbocycles. The molecule has 0 aromatic carbocycles. The predicted octanol–water partition coefficient (Wildman–Crippen LogP) is 2.04. The fourth-order valence-electron chi connectivity index (χ4n) is 1.50. The van der Waals surface area contributed by atoms with E-state index in [1.54, 1.807) is 10.8 Å². The summed E-state index contributed by atoms with van der Waals surface area (Å²) < 4.78 is 1.61. The number of hydrogen-bond donors (Lipinski definition) is 0. The summed E-state index contributed by atoms with van der Waals surface area (Å²) in [6, 6.07) is 0. The van der Waals surface area contributed by atoms with Crippen LogP contribution in [0.15, 0.2) is 6.33 Å². The molecule has 14 heavy (non-hydrogen) atoms. The molecule has 74 valence electrons. The van der Waals surface area contributed by atoms with Gasteiger partial charge in [-0.05, 0) is 18.9 Å². The lowest BCUT2D eigenvalue weighted by molar-refractivity contribution is 0.838. The van der Waals surface area contributed by atoms with Crippen LogP contribution in [0.2, 0.25) is 5.02 Å². The Hall–Kier alpha value is -1.16. The van der Waals surface area contributed by atoms with Crippen LogP contribution in [0.4, 0.5) is 0 Å². The van der Waals surface area contributed by atoms with E-state index >= 15 is 0 Å². The SMILES string of the molecule is CCCc1c(C)nn2cnnc2c1Cl. The largest absolute Gasteiger partial charge is 0.199 e. The van der Waals surface area contributed by atoms with Crippen molar-refractivity contribution in [3.63, 3.8) is 0 Å². The molecule has 0 spiro atoms. The first-order valence-corrected chi connectivity index (χ1v) is 4.96. The molecule has 2 rings (SSSR count). The number of aromatic nitrogens is 4. The lowest BCUT2D eigenvalue weighted by atomic mass is 10.1. The van der Waals surface area contributed by atoms with Crippen LogP contribution < -0.4 is 0 Å². The van der Waals surface area contributed by atoms with Gasteiger partial charge in [-0.25, -0.2) is 0 Å². The zero-order valence-electron chi connectivity index (χ0n) is 8.16. The van der Waals surface area contributed by atoms with Crippen molar-refractivity contribution in [2.45, 2.75) is 26.7 Å². The van der Waals surface area contributed by atoms with Gasteiger partial charge < -0.3 is 0 Å². The van der Waals surface area contributed by atoms with Crippen molar-refractivity contribution in [3.05, 3.63) is 22.6 Å². The van der Waals surface area contributed by atoms with Crippen LogP contribution in [0.5, 0.6) is 0 Å². The Kier molecular flexibility index (Phi) is 2.37. The van der Waals surface area contributed by atoms with Gasteiger partial charge in [0.1, 0.15) is 6.33 Å². The van der Waals surface area contributed by atoms with E-state index in [9.17, 15) is 0 Å². The molecular weight excluding hydrogens is 200 g/mol. The number of halogens is 1. The maximum absolute atomic E-state index is 6.20. The summed E-state index contributed by atoms with van der Waals surface area (Å²) in [5.41, 5.74) is 2.67. The molecule has 0 aliphatic heterocycles. The monoisotopic (exact) mass is 210 g/mol. The summed E-state index contributed by atoms with van der Waals surface area (Å²) in [5.74, 6) is 0. The van der Waals surface area contributed by atoms with Crippen molar-refractivity contribution in [2.24, 2.45) is 0 Å². The first-order valence-electron chi connectivity index (χ1n) is 4.59. The van der Waals surface area contributed by atoms with Crippen molar-refractivity contribution < 1.29 is 0 Å². The van der Waals surface area contributed by atoms with Gasteiger partial charge in [-0.2, -0.15) is 9.61 Å². The van der Waals surface area contributed by atoms with Crippen molar-refractivity contribution in [3.8, 4) is 0 Å². The van der Waals surface area contributed by atoms with Gasteiger partial charge in [0.25, 0.3) is 0 Å². The molecule has 0 unspecified atom stereocenters. The van der Waals surface area contributed by atoms with Gasteiger partial charge in [0.15, 0.2) is 5.65 Å². The zero-order chi connectivity index (χ0) is 10.1. The molecule has 0 fully saturated rings. The van der Waals surface area contributed by atoms with Crippen LogP contribution in [0.3, 0.4) is 0 Å². The third-order valence-corrected chi connectivity index (χ3v) is 2.58. The fraction of sp³-hybridized carbons (Fsp3) is 0.444. The summed E-state index contributed by atoms with van der Waals surface area (Å²) in [6.07, 6.45) is 3.54. The molecule has 0 N–H and O–H groups in total. The minimum absolute atomic E-state index is 0.640. The lowest BCUT2D eigenvalue weighted by Crippen LogP contribution is -2.01. The van der Waals surface area contributed by atoms with Crippen LogP contribution in [-0.2, 0) is 6.42 Å². The molecule has 2 aromatic rings. The second-order valence-corrected chi connectivity index (χ2v) is 3.61. The maximum Gasteiger partial charge on any atom is 0.196 e. The topological polar surface area (TPSA) is 43.1 Å². The van der Waals surface area contributed by atoms with E-state index in [1.165, 1.54) is 0 Å². The molecule has 0 aliphatic rings. The van der Waals surface area contributed by atoms with E-state index in [2.05, 4.69) is 22.2 Å². The fourth-order valence-corrected chi connectivity index (χ4v) is 1.86. The third kappa shape index (κ3) is 1.35. The van der Waals surface area contributed by atoms with Gasteiger partial charge in [-0.3, -0.25) is 0 Å². The molecule has 2 aromatic heterocycles. The van der Waals surface area contributed by atoms with E-state index in [1.807, 2.05) is 6.92 Å². The normalized spacial score (nSPS) is 11.1. The highest BCUT2D eigenvalue weighted by Crippen LogP contribution is 2.23. The van der Waals surface area contributed by atoms with E-state index < -0.39 is 0 Å². The van der Waals surface area contributed by atoms with Crippen LogP contribution in [0.25, 0.3) is 5.65 Å². The number of nitrogens with zero attached hydrogens (tertiary/aromatic N) is 4. The Morgan fingerprint density at radius 2 is 2.29 bits per heavy atom. The second-order valence-electron chi connectivity index (χ2n) is 3.23. The molecule has 0 aliphatic carbocycles. The molecule has 2 heterocycles. The van der Waals surface area contributed by atoms with Crippen LogP contribution >= 0.6 is 11.6 Å². The van der Waals surface area contributed by atoms with E-state index in [-0.39, 0.29) is 0 Å². The Labute approximate surface area is 86.9 Å². The summed E-state index contributed by atoms with van der Waals surface area (Å²) in [6.45, 7) is 4.07. The molecule has 0 amide bonds. The zero-order valence-corrected chi connectivity index (χ0v) is 8.91. The highest BCUT2D eigenvalue weighted by atomic mass is 35.5. The van der Waals surface area contributed by atoms with Crippen LogP contribution in [0, 0.1) is 6.92 Å². The Morgan fingerprint density at radius 1 is 1.50 bits per heavy atom. The average Bonchev–Trinajstić information content (AvgIpc) is 2.60. The van der Waals surface area contributed by atoms with Gasteiger partial charge >= 0.3 is 0 Å². The van der Waals surface area contributed by atoms with E-state index in [0.29, 0.717) is 10.7 Å². The van der Waals surface area contributed by atoms with Crippen molar-refractivity contribution in [2.75, 3.05) is 0 Å². The highest BCUT2D eigenvalue weighted by molar-refractivity contribution is 6.34. The lowest BCUT2D eigenvalue weighted by Gasteiger charge is -2.06. The summed E-state index contributed by atoms with van der Waals surface area (Å²) in [5, 5.41) is 12.7. The molecule has 4 nitrogen and oxygen atoms in total. The van der Waals surface area contributed by atoms with E-state index in [0.717, 1.165) is 24.1 Å². The van der Waals surface area contributed by atoms with Crippen molar-refractivity contribution in [1.82, 2.24) is 19.8 Å². The van der Waals surface area contributed by atoms with Gasteiger partial charge in [-0.15, -0.1) is 10.2 Å². The van der Waals surface area contributed by atoms with Gasteiger partial charge in [-0.1, -0.05) is 24.9 Å². The summed E-state index contributed by atoms with van der Waals surface area (Å²) in [7, 11) is 0. The number of aryl methyl sites for hydroxylation is 1. The Bertz CT molecular complexity index is 463. The molecule has 0 saturated heterocycles. The van der Waals surface area contributed by atoms with Crippen LogP contribution in [-0.4, -0.2) is 19.8 Å². The smallest absolute Gasteiger partial charge is 0.196 e. The van der Waals surface area contributed by atoms with Gasteiger partial charge in [0.05, 0.1) is 10.7 Å². The third-order valence-electron chi connectivity index (χ3n) is 2.19. The quantitative estimate of drug-likeness (QED) is 0.762. The van der Waals surface area contributed by atoms with Crippen LogP contribution in [0.1, 0.15) is 24.6 Å². The number of rotatable bonds is 2. The van der Waals surface area contributed by atoms with Gasteiger partial charge in [0.2, 0.25) is 0 Å².